The highest BCUT2D eigenvalue weighted by atomic mass is 19.3. The fraction of sp³-hybridized carbons (Fsp3) is 0.321. The summed E-state index contributed by atoms with van der Waals surface area (Å²) >= 11 is 0. The molecule has 1 atom stereocenters. The second kappa shape index (κ2) is 10.9. The van der Waals surface area contributed by atoms with Gasteiger partial charge in [-0.1, -0.05) is 30.3 Å². The first-order chi connectivity index (χ1) is 19.2. The highest BCUT2D eigenvalue weighted by Crippen LogP contribution is 2.28. The molecule has 5 N–H and O–H groups in total. The zero-order valence-electron chi connectivity index (χ0n) is 21.9. The molecular weight excluding hydrogens is 516 g/mol. The number of nitrogen functional groups attached to an aromatic ring is 2. The number of alkyl halides is 2. The van der Waals surface area contributed by atoms with Crippen molar-refractivity contribution in [3.63, 3.8) is 0 Å². The third-order valence-corrected chi connectivity index (χ3v) is 7.00. The quantitative estimate of drug-likeness (QED) is 0.301. The fourth-order valence-electron chi connectivity index (χ4n) is 5.11. The molecule has 1 saturated heterocycles. The molecule has 0 radical (unpaired) electrons. The Morgan fingerprint density at radius 1 is 1.12 bits per heavy atom. The number of benzene rings is 2. The van der Waals surface area contributed by atoms with E-state index in [1.165, 1.54) is 4.57 Å². The minimum absolute atomic E-state index is 0.0356. The van der Waals surface area contributed by atoms with E-state index in [4.69, 9.17) is 16.5 Å². The number of para-hydroxylation sites is 1. The predicted molar refractivity (Wildman–Crippen MR) is 149 cm³/mol. The maximum atomic E-state index is 14.1. The smallest absolute Gasteiger partial charge is 0.266 e. The largest absolute Gasteiger partial charge is 0.382 e. The number of halogens is 2. The van der Waals surface area contributed by atoms with Gasteiger partial charge in [0.15, 0.2) is 5.82 Å². The van der Waals surface area contributed by atoms with Crippen molar-refractivity contribution in [2.75, 3.05) is 36.4 Å². The van der Waals surface area contributed by atoms with Gasteiger partial charge in [0.05, 0.1) is 29.2 Å². The van der Waals surface area contributed by atoms with Crippen LogP contribution in [0.4, 0.5) is 26.4 Å². The molecule has 0 saturated carbocycles. The zero-order chi connectivity index (χ0) is 28.4. The third-order valence-electron chi connectivity index (χ3n) is 7.00. The lowest BCUT2D eigenvalue weighted by Crippen LogP contribution is -2.28. The van der Waals surface area contributed by atoms with Gasteiger partial charge in [0, 0.05) is 13.0 Å². The summed E-state index contributed by atoms with van der Waals surface area (Å²) in [4.78, 5) is 28.7. The molecule has 5 rings (SSSR count). The summed E-state index contributed by atoms with van der Waals surface area (Å²) in [5.41, 5.74) is 13.3. The number of likely N-dealkylation sites (tertiary alicyclic amines) is 1. The molecule has 0 spiro atoms. The van der Waals surface area contributed by atoms with Gasteiger partial charge in [0.1, 0.15) is 23.3 Å². The van der Waals surface area contributed by atoms with E-state index in [2.05, 4.69) is 15.3 Å². The number of hydrogen-bond acceptors (Lipinski definition) is 9. The molecule has 1 aliphatic rings. The predicted octanol–water partition coefficient (Wildman–Crippen LogP) is 3.66. The van der Waals surface area contributed by atoms with Crippen LogP contribution in [-0.4, -0.2) is 50.0 Å². The van der Waals surface area contributed by atoms with Crippen molar-refractivity contribution < 1.29 is 8.78 Å². The molecule has 12 heteroatoms. The monoisotopic (exact) mass is 545 g/mol. The maximum Gasteiger partial charge on any atom is 0.266 e. The Kier molecular flexibility index (Phi) is 7.32. The van der Waals surface area contributed by atoms with E-state index >= 15 is 0 Å². The van der Waals surface area contributed by atoms with E-state index < -0.39 is 12.0 Å². The summed E-state index contributed by atoms with van der Waals surface area (Å²) in [6.45, 7) is 2.46. The Morgan fingerprint density at radius 3 is 2.60 bits per heavy atom. The van der Waals surface area contributed by atoms with Crippen molar-refractivity contribution in [1.29, 1.82) is 5.26 Å². The number of nitrogens with one attached hydrogen (secondary N) is 1. The molecule has 1 fully saturated rings. The summed E-state index contributed by atoms with van der Waals surface area (Å²) in [6.07, 6.45) is 1.06. The summed E-state index contributed by atoms with van der Waals surface area (Å²) in [6, 6.07) is 16.0. The third kappa shape index (κ3) is 5.41. The Labute approximate surface area is 229 Å². The average Bonchev–Trinajstić information content (AvgIpc) is 3.27. The lowest BCUT2D eigenvalue weighted by molar-refractivity contribution is 0.0122. The SMILES string of the molecule is CC(Nc1nc(N)nc(N)c1C#N)c1nc2cccc(CCCN3CCC(F)(F)C3)c2c(=O)n1-c1ccccc1. The van der Waals surface area contributed by atoms with E-state index in [-0.39, 0.29) is 41.7 Å². The number of aryl methyl sites for hydroxylation is 1. The van der Waals surface area contributed by atoms with E-state index in [0.29, 0.717) is 48.3 Å². The van der Waals surface area contributed by atoms with Gasteiger partial charge >= 0.3 is 0 Å². The topological polar surface area (TPSA) is 152 Å². The van der Waals surface area contributed by atoms with Gasteiger partial charge in [-0.2, -0.15) is 15.2 Å². The Morgan fingerprint density at radius 2 is 1.90 bits per heavy atom. The Balaban J connectivity index is 1.54. The number of nitriles is 1. The van der Waals surface area contributed by atoms with Crippen LogP contribution in [0.1, 0.15) is 42.8 Å². The molecule has 1 aliphatic heterocycles. The van der Waals surface area contributed by atoms with Crippen molar-refractivity contribution >= 4 is 28.5 Å². The zero-order valence-corrected chi connectivity index (χ0v) is 21.9. The second-order valence-electron chi connectivity index (χ2n) is 9.91. The normalized spacial score (nSPS) is 15.7. The minimum atomic E-state index is -2.63. The first-order valence-electron chi connectivity index (χ1n) is 13.0. The summed E-state index contributed by atoms with van der Waals surface area (Å²) in [5.74, 6) is -2.26. The molecule has 3 heterocycles. The van der Waals surface area contributed by atoms with Crippen molar-refractivity contribution in [3.8, 4) is 11.8 Å². The molecule has 0 aliphatic carbocycles. The molecule has 1 unspecified atom stereocenters. The van der Waals surface area contributed by atoms with Crippen molar-refractivity contribution in [1.82, 2.24) is 24.4 Å². The van der Waals surface area contributed by atoms with Gasteiger partial charge in [-0.3, -0.25) is 14.3 Å². The number of anilines is 3. The van der Waals surface area contributed by atoms with E-state index in [1.54, 1.807) is 17.9 Å². The van der Waals surface area contributed by atoms with Crippen molar-refractivity contribution in [2.24, 2.45) is 0 Å². The van der Waals surface area contributed by atoms with Gasteiger partial charge in [0.2, 0.25) is 5.95 Å². The summed E-state index contributed by atoms with van der Waals surface area (Å²) in [5, 5.41) is 13.2. The highest BCUT2D eigenvalue weighted by molar-refractivity contribution is 5.82. The van der Waals surface area contributed by atoms with Crippen LogP contribution in [0, 0.1) is 11.3 Å². The number of nitrogens with two attached hydrogens (primary N) is 2. The Bertz CT molecular complexity index is 1650. The van der Waals surface area contributed by atoms with Crippen molar-refractivity contribution in [3.05, 3.63) is 75.8 Å². The van der Waals surface area contributed by atoms with Crippen LogP contribution in [0.15, 0.2) is 53.3 Å². The molecule has 0 bridgehead atoms. The standard InChI is InChI=1S/C28H29F2N9O/c1-17(34-24-20(15-31)23(32)36-27(33)37-24)25-35-21-11-5-7-18(8-6-13-38-14-12-28(29,30)16-38)22(21)26(40)39(25)19-9-3-2-4-10-19/h2-5,7,9-11,17H,6,8,12-14,16H2,1H3,(H5,32,33,34,36,37). The van der Waals surface area contributed by atoms with E-state index in [1.807, 2.05) is 48.5 Å². The number of fused-ring (bicyclic) bond motifs is 1. The molecule has 40 heavy (non-hydrogen) atoms. The molecular formula is C28H29F2N9O. The van der Waals surface area contributed by atoms with E-state index in [9.17, 15) is 18.8 Å². The molecule has 2 aromatic carbocycles. The first-order valence-corrected chi connectivity index (χ1v) is 13.0. The van der Waals surface area contributed by atoms with Gasteiger partial charge in [-0.15, -0.1) is 0 Å². The number of aromatic nitrogens is 4. The molecule has 206 valence electrons. The van der Waals surface area contributed by atoms with Crippen molar-refractivity contribution in [2.45, 2.75) is 38.2 Å². The van der Waals surface area contributed by atoms with Gasteiger partial charge in [0.25, 0.3) is 11.5 Å². The summed E-state index contributed by atoms with van der Waals surface area (Å²) in [7, 11) is 0. The second-order valence-corrected chi connectivity index (χ2v) is 9.91. The maximum absolute atomic E-state index is 14.1. The molecule has 10 nitrogen and oxygen atoms in total. The lowest BCUT2D eigenvalue weighted by Gasteiger charge is -2.21. The van der Waals surface area contributed by atoms with Gasteiger partial charge in [-0.05, 0) is 50.1 Å². The average molecular weight is 546 g/mol. The van der Waals surface area contributed by atoms with Crippen LogP contribution < -0.4 is 22.3 Å². The number of nitrogens with zero attached hydrogens (tertiary/aromatic N) is 6. The van der Waals surface area contributed by atoms with Crippen LogP contribution in [0.5, 0.6) is 0 Å². The Hall–Kier alpha value is -4.63. The van der Waals surface area contributed by atoms with Crippen LogP contribution in [0.3, 0.4) is 0 Å². The molecule has 0 amide bonds. The highest BCUT2D eigenvalue weighted by Gasteiger charge is 2.37. The fourth-order valence-corrected chi connectivity index (χ4v) is 5.11. The van der Waals surface area contributed by atoms with Gasteiger partial charge in [-0.25, -0.2) is 13.8 Å². The van der Waals surface area contributed by atoms with Gasteiger partial charge < -0.3 is 16.8 Å². The first kappa shape index (κ1) is 27.0. The number of rotatable bonds is 8. The molecule has 2 aromatic heterocycles. The lowest BCUT2D eigenvalue weighted by atomic mass is 10.0. The summed E-state index contributed by atoms with van der Waals surface area (Å²) < 4.78 is 28.7. The van der Waals surface area contributed by atoms with Crippen LogP contribution in [-0.2, 0) is 6.42 Å². The molecule has 4 aromatic rings. The minimum Gasteiger partial charge on any atom is -0.382 e. The van der Waals surface area contributed by atoms with E-state index in [0.717, 1.165) is 5.56 Å². The number of hydrogen-bond donors (Lipinski definition) is 3. The van der Waals surface area contributed by atoms with Crippen LogP contribution >= 0.6 is 0 Å². The van der Waals surface area contributed by atoms with Crippen LogP contribution in [0.25, 0.3) is 16.6 Å². The van der Waals surface area contributed by atoms with Crippen LogP contribution in [0.2, 0.25) is 0 Å².